The summed E-state index contributed by atoms with van der Waals surface area (Å²) in [6, 6.07) is 6.17. The van der Waals surface area contributed by atoms with E-state index in [1.165, 1.54) is 25.7 Å². The molecule has 1 heterocycles. The lowest BCUT2D eigenvalue weighted by molar-refractivity contribution is 0.0437. The molecule has 1 aromatic rings. The molecule has 0 radical (unpaired) electrons. The third-order valence-corrected chi connectivity index (χ3v) is 3.19. The second-order valence-electron chi connectivity index (χ2n) is 4.62. The van der Waals surface area contributed by atoms with E-state index in [0.29, 0.717) is 12.7 Å². The number of rotatable bonds is 6. The van der Waals surface area contributed by atoms with Crippen LogP contribution in [0.2, 0.25) is 0 Å². The molecule has 1 fully saturated rings. The van der Waals surface area contributed by atoms with Gasteiger partial charge in [-0.2, -0.15) is 0 Å². The zero-order valence-electron chi connectivity index (χ0n) is 10.6. The van der Waals surface area contributed by atoms with E-state index in [4.69, 9.17) is 4.74 Å². The normalized spacial score (nSPS) is 16.5. The molecule has 3 nitrogen and oxygen atoms in total. The highest BCUT2D eigenvalue weighted by Gasteiger charge is 2.15. The zero-order chi connectivity index (χ0) is 11.9. The summed E-state index contributed by atoms with van der Waals surface area (Å²) in [5.41, 5.74) is 2.15. The largest absolute Gasteiger partial charge is 0.372 e. The third kappa shape index (κ3) is 4.10. The Balaban J connectivity index is 1.82. The highest BCUT2D eigenvalue weighted by atomic mass is 16.5. The van der Waals surface area contributed by atoms with Crippen LogP contribution < -0.4 is 5.32 Å². The molecule has 1 aromatic heterocycles. The van der Waals surface area contributed by atoms with Crippen molar-refractivity contribution in [3.8, 4) is 0 Å². The highest BCUT2D eigenvalue weighted by molar-refractivity contribution is 5.10. The fraction of sp³-hybridized carbons (Fsp3) is 0.643. The molecule has 17 heavy (non-hydrogen) atoms. The Morgan fingerprint density at radius 3 is 2.82 bits per heavy atom. The van der Waals surface area contributed by atoms with Crippen molar-refractivity contribution in [3.63, 3.8) is 0 Å². The predicted octanol–water partition coefficient (Wildman–Crippen LogP) is 2.65. The van der Waals surface area contributed by atoms with Crippen LogP contribution in [0, 0.1) is 0 Å². The van der Waals surface area contributed by atoms with Gasteiger partial charge in [0.25, 0.3) is 0 Å². The summed E-state index contributed by atoms with van der Waals surface area (Å²) in [5, 5.41) is 3.29. The van der Waals surface area contributed by atoms with Crippen molar-refractivity contribution in [2.75, 3.05) is 6.54 Å². The van der Waals surface area contributed by atoms with Gasteiger partial charge in [0.15, 0.2) is 0 Å². The molecule has 0 unspecified atom stereocenters. The van der Waals surface area contributed by atoms with Crippen molar-refractivity contribution in [1.29, 1.82) is 0 Å². The van der Waals surface area contributed by atoms with Crippen LogP contribution >= 0.6 is 0 Å². The van der Waals surface area contributed by atoms with Crippen LogP contribution in [0.3, 0.4) is 0 Å². The number of pyridine rings is 1. The monoisotopic (exact) mass is 234 g/mol. The van der Waals surface area contributed by atoms with Gasteiger partial charge in [-0.05, 0) is 31.5 Å². The Labute approximate surface area is 104 Å². The number of hydrogen-bond acceptors (Lipinski definition) is 3. The molecular formula is C14H22N2O. The van der Waals surface area contributed by atoms with Crippen molar-refractivity contribution in [1.82, 2.24) is 10.3 Å². The maximum absolute atomic E-state index is 5.87. The zero-order valence-corrected chi connectivity index (χ0v) is 10.6. The summed E-state index contributed by atoms with van der Waals surface area (Å²) in [5.74, 6) is 0. The highest BCUT2D eigenvalue weighted by Crippen LogP contribution is 2.21. The summed E-state index contributed by atoms with van der Waals surface area (Å²) in [7, 11) is 0. The van der Waals surface area contributed by atoms with E-state index in [1.807, 2.05) is 6.07 Å². The van der Waals surface area contributed by atoms with Crippen molar-refractivity contribution in [2.45, 2.75) is 51.9 Å². The van der Waals surface area contributed by atoms with Gasteiger partial charge >= 0.3 is 0 Å². The van der Waals surface area contributed by atoms with E-state index in [2.05, 4.69) is 29.4 Å². The molecule has 2 rings (SSSR count). The minimum absolute atomic E-state index is 0.467. The van der Waals surface area contributed by atoms with Gasteiger partial charge in [0, 0.05) is 6.54 Å². The Morgan fingerprint density at radius 1 is 1.29 bits per heavy atom. The summed E-state index contributed by atoms with van der Waals surface area (Å²) in [6.07, 6.45) is 5.54. The molecule has 0 aliphatic heterocycles. The van der Waals surface area contributed by atoms with E-state index < -0.39 is 0 Å². The van der Waals surface area contributed by atoms with Crippen LogP contribution in [0.25, 0.3) is 0 Å². The van der Waals surface area contributed by atoms with E-state index in [-0.39, 0.29) is 0 Å². The number of nitrogens with one attached hydrogen (secondary N) is 1. The maximum Gasteiger partial charge on any atom is 0.0891 e. The molecule has 0 saturated heterocycles. The van der Waals surface area contributed by atoms with Gasteiger partial charge in [-0.25, -0.2) is 0 Å². The first-order valence-corrected chi connectivity index (χ1v) is 6.65. The van der Waals surface area contributed by atoms with E-state index in [1.54, 1.807) is 0 Å². The first kappa shape index (κ1) is 12.5. The number of nitrogens with zero attached hydrogens (tertiary/aromatic N) is 1. The minimum Gasteiger partial charge on any atom is -0.372 e. The average molecular weight is 234 g/mol. The number of aromatic nitrogens is 1. The van der Waals surface area contributed by atoms with Gasteiger partial charge in [-0.3, -0.25) is 4.98 Å². The second-order valence-corrected chi connectivity index (χ2v) is 4.62. The van der Waals surface area contributed by atoms with Gasteiger partial charge in [-0.1, -0.05) is 25.8 Å². The topological polar surface area (TPSA) is 34.1 Å². The summed E-state index contributed by atoms with van der Waals surface area (Å²) < 4.78 is 5.87. The van der Waals surface area contributed by atoms with Gasteiger partial charge in [-0.15, -0.1) is 0 Å². The van der Waals surface area contributed by atoms with Gasteiger partial charge < -0.3 is 10.1 Å². The van der Waals surface area contributed by atoms with E-state index >= 15 is 0 Å². The fourth-order valence-corrected chi connectivity index (χ4v) is 2.22. The molecule has 0 bridgehead atoms. The molecular weight excluding hydrogens is 212 g/mol. The molecule has 1 saturated carbocycles. The van der Waals surface area contributed by atoms with Crippen LogP contribution in [0.15, 0.2) is 18.2 Å². The Hall–Kier alpha value is -0.930. The molecule has 0 aromatic carbocycles. The minimum atomic E-state index is 0.467. The van der Waals surface area contributed by atoms with Gasteiger partial charge in [0.2, 0.25) is 0 Å². The molecule has 1 aliphatic rings. The van der Waals surface area contributed by atoms with Crippen molar-refractivity contribution < 1.29 is 4.74 Å². The van der Waals surface area contributed by atoms with Crippen LogP contribution in [0.5, 0.6) is 0 Å². The average Bonchev–Trinajstić information content (AvgIpc) is 2.87. The Bertz CT molecular complexity index is 335. The van der Waals surface area contributed by atoms with Crippen LogP contribution in [-0.4, -0.2) is 17.6 Å². The summed E-state index contributed by atoms with van der Waals surface area (Å²) >= 11 is 0. The maximum atomic E-state index is 5.87. The Morgan fingerprint density at radius 2 is 2.06 bits per heavy atom. The SMILES string of the molecule is CCNCc1cccc(COC2CCCC2)n1. The van der Waals surface area contributed by atoms with Crippen molar-refractivity contribution in [3.05, 3.63) is 29.6 Å². The Kier molecular flexibility index (Phi) is 4.95. The van der Waals surface area contributed by atoms with Crippen LogP contribution in [0.1, 0.15) is 44.0 Å². The van der Waals surface area contributed by atoms with Gasteiger partial charge in [0.1, 0.15) is 0 Å². The molecule has 94 valence electrons. The summed E-state index contributed by atoms with van der Waals surface area (Å²) in [4.78, 5) is 4.58. The molecule has 0 atom stereocenters. The number of hydrogen-bond donors (Lipinski definition) is 1. The lowest BCUT2D eigenvalue weighted by Gasteiger charge is -2.11. The first-order chi connectivity index (χ1) is 8.38. The first-order valence-electron chi connectivity index (χ1n) is 6.65. The third-order valence-electron chi connectivity index (χ3n) is 3.19. The van der Waals surface area contributed by atoms with E-state index in [9.17, 15) is 0 Å². The van der Waals surface area contributed by atoms with Gasteiger partial charge in [0.05, 0.1) is 24.1 Å². The van der Waals surface area contributed by atoms with Crippen molar-refractivity contribution >= 4 is 0 Å². The molecule has 0 spiro atoms. The van der Waals surface area contributed by atoms with Crippen molar-refractivity contribution in [2.24, 2.45) is 0 Å². The smallest absolute Gasteiger partial charge is 0.0891 e. The quantitative estimate of drug-likeness (QED) is 0.821. The lowest BCUT2D eigenvalue weighted by atomic mass is 10.3. The number of ether oxygens (including phenoxy) is 1. The molecule has 1 aliphatic carbocycles. The lowest BCUT2D eigenvalue weighted by Crippen LogP contribution is -2.14. The van der Waals surface area contributed by atoms with Crippen LogP contribution in [-0.2, 0) is 17.9 Å². The second kappa shape index (κ2) is 6.72. The molecule has 0 amide bonds. The standard InChI is InChI=1S/C14H22N2O/c1-2-15-10-12-6-5-7-13(16-12)11-17-14-8-3-4-9-14/h5-7,14-15H,2-4,8-11H2,1H3. The van der Waals surface area contributed by atoms with Crippen LogP contribution in [0.4, 0.5) is 0 Å². The molecule has 1 N–H and O–H groups in total. The summed E-state index contributed by atoms with van der Waals surface area (Å²) in [6.45, 7) is 4.58. The predicted molar refractivity (Wildman–Crippen MR) is 68.7 cm³/mol. The molecule has 3 heteroatoms. The van der Waals surface area contributed by atoms with E-state index in [0.717, 1.165) is 24.5 Å². The fourth-order valence-electron chi connectivity index (χ4n) is 2.22.